The van der Waals surface area contributed by atoms with Crippen molar-refractivity contribution in [2.45, 2.75) is 0 Å². The molecule has 0 N–H and O–H groups in total. The molecule has 82 valence electrons. The lowest BCUT2D eigenvalue weighted by Crippen LogP contribution is -2.19. The number of benzene rings is 1. The van der Waals surface area contributed by atoms with Crippen molar-refractivity contribution in [1.29, 1.82) is 0 Å². The van der Waals surface area contributed by atoms with Crippen LogP contribution in [0.25, 0.3) is 5.53 Å². The molecule has 5 heteroatoms. The van der Waals surface area contributed by atoms with Crippen molar-refractivity contribution in [3.63, 3.8) is 0 Å². The molecule has 0 spiro atoms. The van der Waals surface area contributed by atoms with Crippen molar-refractivity contribution < 1.29 is 14.3 Å². The van der Waals surface area contributed by atoms with E-state index in [1.807, 2.05) is 0 Å². The molecule has 0 fully saturated rings. The molecular weight excluding hydrogens is 272 g/mol. The summed E-state index contributed by atoms with van der Waals surface area (Å²) in [7, 11) is 0. The van der Waals surface area contributed by atoms with E-state index in [1.54, 1.807) is 24.3 Å². The molecule has 1 aromatic rings. The van der Waals surface area contributed by atoms with E-state index in [1.165, 1.54) is 6.08 Å². The van der Waals surface area contributed by atoms with Gasteiger partial charge in [0.05, 0.1) is 5.56 Å². The predicted molar refractivity (Wildman–Crippen MR) is 63.0 cm³/mol. The number of hydrogen-bond donors (Lipinski definition) is 0. The van der Waals surface area contributed by atoms with Gasteiger partial charge in [-0.2, -0.15) is 4.79 Å². The van der Waals surface area contributed by atoms with Crippen molar-refractivity contribution in [3.8, 4) is 0 Å². The van der Waals surface area contributed by atoms with Crippen LogP contribution in [0.5, 0.6) is 0 Å². The van der Waals surface area contributed by atoms with E-state index in [2.05, 4.69) is 27.3 Å². The molecule has 0 aliphatic heterocycles. The maximum absolute atomic E-state index is 11.5. The highest BCUT2D eigenvalue weighted by Gasteiger charge is 2.24. The van der Waals surface area contributed by atoms with E-state index in [9.17, 15) is 4.79 Å². The number of halogens is 1. The van der Waals surface area contributed by atoms with Crippen molar-refractivity contribution in [3.05, 3.63) is 52.5 Å². The van der Waals surface area contributed by atoms with Gasteiger partial charge in [0.1, 0.15) is 6.61 Å². The number of carbonyl (C=O) groups is 1. The first-order chi connectivity index (χ1) is 7.69. The molecule has 0 atom stereocenters. The van der Waals surface area contributed by atoms with Gasteiger partial charge < -0.3 is 10.3 Å². The zero-order valence-electron chi connectivity index (χ0n) is 8.39. The summed E-state index contributed by atoms with van der Waals surface area (Å²) in [6.07, 6.45) is 1.44. The van der Waals surface area contributed by atoms with Gasteiger partial charge in [-0.1, -0.05) is 34.7 Å². The quantitative estimate of drug-likeness (QED) is 0.279. The Morgan fingerprint density at radius 3 is 2.94 bits per heavy atom. The summed E-state index contributed by atoms with van der Waals surface area (Å²) in [6.45, 7) is 3.49. The summed E-state index contributed by atoms with van der Waals surface area (Å²) >= 11 is 3.26. The lowest BCUT2D eigenvalue weighted by Gasteiger charge is -1.98. The third-order valence-corrected chi connectivity index (χ3v) is 2.22. The largest absolute Gasteiger partial charge is 0.453 e. The summed E-state index contributed by atoms with van der Waals surface area (Å²) in [4.78, 5) is 14.4. The highest BCUT2D eigenvalue weighted by molar-refractivity contribution is 9.10. The highest BCUT2D eigenvalue weighted by Crippen LogP contribution is 2.12. The van der Waals surface area contributed by atoms with Crippen LogP contribution in [0.2, 0.25) is 0 Å². The Bertz CT molecular complexity index is 465. The van der Waals surface area contributed by atoms with E-state index in [0.29, 0.717) is 5.56 Å². The monoisotopic (exact) mass is 280 g/mol. The van der Waals surface area contributed by atoms with Crippen molar-refractivity contribution in [2.24, 2.45) is 0 Å². The second-order valence-corrected chi connectivity index (χ2v) is 3.76. The third kappa shape index (κ3) is 3.15. The molecular formula is C11H9BrN2O2. The normalized spacial score (nSPS) is 9.06. The van der Waals surface area contributed by atoms with E-state index < -0.39 is 5.97 Å². The molecule has 0 bridgehead atoms. The van der Waals surface area contributed by atoms with E-state index in [4.69, 9.17) is 10.3 Å². The summed E-state index contributed by atoms with van der Waals surface area (Å²) in [5.74, 6) is -0.694. The Balaban J connectivity index is 2.96. The van der Waals surface area contributed by atoms with Gasteiger partial charge >= 0.3 is 11.7 Å². The molecule has 0 saturated heterocycles. The van der Waals surface area contributed by atoms with Crippen LogP contribution in [0.3, 0.4) is 0 Å². The topological polar surface area (TPSA) is 62.7 Å². The Hall–Kier alpha value is -1.71. The second-order valence-electron chi connectivity index (χ2n) is 2.85. The van der Waals surface area contributed by atoms with Crippen LogP contribution < -0.4 is 0 Å². The average molecular weight is 281 g/mol. The zero-order chi connectivity index (χ0) is 12.0. The smallest absolute Gasteiger partial charge is 0.422 e. The van der Waals surface area contributed by atoms with Gasteiger partial charge in [-0.25, -0.2) is 4.79 Å². The molecule has 0 amide bonds. The van der Waals surface area contributed by atoms with E-state index >= 15 is 0 Å². The van der Waals surface area contributed by atoms with Gasteiger partial charge in [0.25, 0.3) is 0 Å². The molecule has 1 aromatic carbocycles. The van der Waals surface area contributed by atoms with Crippen LogP contribution in [-0.4, -0.2) is 23.1 Å². The summed E-state index contributed by atoms with van der Waals surface area (Å²) < 4.78 is 5.56. The van der Waals surface area contributed by atoms with Gasteiger partial charge in [-0.15, -0.1) is 0 Å². The number of nitrogens with zero attached hydrogens (tertiary/aromatic N) is 2. The Kier molecular flexibility index (Phi) is 4.64. The number of esters is 1. The molecule has 0 saturated carbocycles. The van der Waals surface area contributed by atoms with E-state index in [-0.39, 0.29) is 12.3 Å². The minimum Gasteiger partial charge on any atom is -0.453 e. The maximum Gasteiger partial charge on any atom is 0.422 e. The fourth-order valence-electron chi connectivity index (χ4n) is 1.06. The maximum atomic E-state index is 11.5. The lowest BCUT2D eigenvalue weighted by atomic mass is 10.1. The Morgan fingerprint density at radius 2 is 2.38 bits per heavy atom. The minimum atomic E-state index is -0.694. The molecule has 0 aliphatic carbocycles. The van der Waals surface area contributed by atoms with E-state index in [0.717, 1.165) is 4.47 Å². The molecule has 0 radical (unpaired) electrons. The van der Waals surface area contributed by atoms with Gasteiger partial charge in [-0.3, -0.25) is 0 Å². The van der Waals surface area contributed by atoms with Crippen molar-refractivity contribution in [2.75, 3.05) is 6.61 Å². The van der Waals surface area contributed by atoms with Crippen LogP contribution in [0, 0.1) is 0 Å². The average Bonchev–Trinajstić information content (AvgIpc) is 2.27. The number of ether oxygens (including phenoxy) is 1. The first kappa shape index (κ1) is 12.4. The summed E-state index contributed by atoms with van der Waals surface area (Å²) in [5.41, 5.74) is 9.13. The van der Waals surface area contributed by atoms with Crippen LogP contribution in [0.4, 0.5) is 0 Å². The first-order valence-corrected chi connectivity index (χ1v) is 5.24. The van der Waals surface area contributed by atoms with Gasteiger partial charge in [0, 0.05) is 4.47 Å². The third-order valence-electron chi connectivity index (χ3n) is 1.72. The minimum absolute atomic E-state index is 0.0753. The molecule has 16 heavy (non-hydrogen) atoms. The molecule has 4 nitrogen and oxygen atoms in total. The number of carbonyl (C=O) groups excluding carboxylic acids is 1. The van der Waals surface area contributed by atoms with Crippen LogP contribution >= 0.6 is 15.9 Å². The van der Waals surface area contributed by atoms with Crippen LogP contribution in [0.15, 0.2) is 41.4 Å². The first-order valence-electron chi connectivity index (χ1n) is 4.45. The predicted octanol–water partition coefficient (Wildman–Crippen LogP) is 2.20. The molecule has 1 rings (SSSR count). The molecule has 0 aliphatic rings. The van der Waals surface area contributed by atoms with Crippen molar-refractivity contribution in [1.82, 2.24) is 0 Å². The molecule has 0 unspecified atom stereocenters. The van der Waals surface area contributed by atoms with Gasteiger partial charge in [-0.05, 0) is 18.2 Å². The SMILES string of the molecule is C=CCOC(=O)C(=[N+]=[N-])c1cccc(Br)c1. The fourth-order valence-corrected chi connectivity index (χ4v) is 1.45. The van der Waals surface area contributed by atoms with Crippen LogP contribution in [-0.2, 0) is 9.53 Å². The lowest BCUT2D eigenvalue weighted by molar-refractivity contribution is -0.138. The van der Waals surface area contributed by atoms with Crippen LogP contribution in [0.1, 0.15) is 5.56 Å². The second kappa shape index (κ2) is 6.00. The van der Waals surface area contributed by atoms with Gasteiger partial charge in [0.15, 0.2) is 0 Å². The zero-order valence-corrected chi connectivity index (χ0v) is 9.98. The number of rotatable bonds is 4. The molecule has 0 aromatic heterocycles. The van der Waals surface area contributed by atoms with Gasteiger partial charge in [0.2, 0.25) is 0 Å². The highest BCUT2D eigenvalue weighted by atomic mass is 79.9. The Labute approximate surface area is 101 Å². The standard InChI is InChI=1S/C11H9BrN2O2/c1-2-6-16-11(15)10(14-13)8-4-3-5-9(12)7-8/h2-5,7H,1,6H2. The fraction of sp³-hybridized carbons (Fsp3) is 0.0909. The number of hydrogen-bond acceptors (Lipinski definition) is 2. The van der Waals surface area contributed by atoms with Crippen molar-refractivity contribution >= 4 is 27.6 Å². The molecule has 0 heterocycles. The Morgan fingerprint density at radius 1 is 1.62 bits per heavy atom. The summed E-state index contributed by atoms with van der Waals surface area (Å²) in [6, 6.07) is 6.83. The summed E-state index contributed by atoms with van der Waals surface area (Å²) in [5, 5.41) is 0.